The summed E-state index contributed by atoms with van der Waals surface area (Å²) in [5, 5.41) is 9.90. The van der Waals surface area contributed by atoms with Gasteiger partial charge in [0.2, 0.25) is 0 Å². The van der Waals surface area contributed by atoms with Crippen molar-refractivity contribution in [2.45, 2.75) is 6.42 Å². The molecular weight excluding hydrogens is 323 g/mol. The molecule has 7 heteroatoms. The van der Waals surface area contributed by atoms with Crippen molar-refractivity contribution in [1.82, 2.24) is 4.98 Å². The molecule has 2 aromatic rings. The number of rotatable bonds is 3. The van der Waals surface area contributed by atoms with E-state index in [2.05, 4.69) is 4.98 Å². The van der Waals surface area contributed by atoms with Crippen molar-refractivity contribution >= 4 is 46.6 Å². The van der Waals surface area contributed by atoms with Crippen molar-refractivity contribution in [3.8, 4) is 11.1 Å². The van der Waals surface area contributed by atoms with E-state index in [4.69, 9.17) is 45.6 Å². The maximum atomic E-state index is 10.8. The number of hydrogen-bond donors (Lipinski definition) is 2. The fourth-order valence-corrected chi connectivity index (χ4v) is 2.45. The second kappa shape index (κ2) is 5.87. The maximum absolute atomic E-state index is 10.8. The van der Waals surface area contributed by atoms with Crippen molar-refractivity contribution in [3.05, 3.63) is 45.0 Å². The number of benzene rings is 1. The summed E-state index contributed by atoms with van der Waals surface area (Å²) < 4.78 is 0. The van der Waals surface area contributed by atoms with Crippen LogP contribution in [0.25, 0.3) is 11.1 Å². The van der Waals surface area contributed by atoms with Crippen LogP contribution < -0.4 is 5.73 Å². The van der Waals surface area contributed by atoms with E-state index in [1.807, 2.05) is 0 Å². The molecule has 0 aliphatic carbocycles. The van der Waals surface area contributed by atoms with Gasteiger partial charge in [-0.15, -0.1) is 0 Å². The first-order valence-corrected chi connectivity index (χ1v) is 6.63. The molecule has 0 spiro atoms. The summed E-state index contributed by atoms with van der Waals surface area (Å²) >= 11 is 18.0. The Labute approximate surface area is 130 Å². The summed E-state index contributed by atoms with van der Waals surface area (Å²) in [6, 6.07) is 4.77. The summed E-state index contributed by atoms with van der Waals surface area (Å²) in [7, 11) is 0. The van der Waals surface area contributed by atoms with Gasteiger partial charge < -0.3 is 10.8 Å². The summed E-state index contributed by atoms with van der Waals surface area (Å²) in [5.74, 6) is -0.828. The highest BCUT2D eigenvalue weighted by atomic mass is 35.5. The van der Waals surface area contributed by atoms with Crippen LogP contribution in [0, 0.1) is 0 Å². The average Bonchev–Trinajstić information content (AvgIpc) is 2.36. The number of nitrogens with zero attached hydrogens (tertiary/aromatic N) is 1. The molecule has 0 bridgehead atoms. The zero-order valence-electron chi connectivity index (χ0n) is 10.0. The number of carboxylic acid groups (broad SMARTS) is 1. The average molecular weight is 332 g/mol. The van der Waals surface area contributed by atoms with E-state index in [0.717, 1.165) is 0 Å². The molecule has 0 saturated carbocycles. The van der Waals surface area contributed by atoms with E-state index in [1.165, 1.54) is 12.3 Å². The van der Waals surface area contributed by atoms with Crippen LogP contribution in [-0.4, -0.2) is 16.1 Å². The summed E-state index contributed by atoms with van der Waals surface area (Å²) in [4.78, 5) is 14.8. The molecule has 1 aromatic heterocycles. The number of carboxylic acids is 1. The lowest BCUT2D eigenvalue weighted by Gasteiger charge is -2.09. The fourth-order valence-electron chi connectivity index (χ4n) is 1.74. The molecule has 0 aliphatic heterocycles. The quantitative estimate of drug-likeness (QED) is 0.836. The first kappa shape index (κ1) is 14.9. The third kappa shape index (κ3) is 3.15. The number of halogens is 3. The van der Waals surface area contributed by atoms with E-state index in [0.29, 0.717) is 31.8 Å². The summed E-state index contributed by atoms with van der Waals surface area (Å²) in [6.45, 7) is 0. The lowest BCUT2D eigenvalue weighted by atomic mass is 10.0. The fraction of sp³-hybridized carbons (Fsp3) is 0.0769. The Morgan fingerprint density at radius 1 is 1.25 bits per heavy atom. The van der Waals surface area contributed by atoms with Crippen molar-refractivity contribution in [2.24, 2.45) is 0 Å². The van der Waals surface area contributed by atoms with Crippen molar-refractivity contribution in [1.29, 1.82) is 0 Å². The number of pyridine rings is 1. The number of nitrogens with two attached hydrogens (primary N) is 1. The second-order valence-corrected chi connectivity index (χ2v) is 5.31. The molecular formula is C13H9Cl3N2O2. The molecule has 104 valence electrons. The minimum atomic E-state index is -0.995. The van der Waals surface area contributed by atoms with Crippen molar-refractivity contribution in [3.63, 3.8) is 0 Å². The maximum Gasteiger partial charge on any atom is 0.307 e. The Morgan fingerprint density at radius 2 is 1.95 bits per heavy atom. The van der Waals surface area contributed by atoms with Gasteiger partial charge in [-0.2, -0.15) is 0 Å². The van der Waals surface area contributed by atoms with Gasteiger partial charge in [-0.25, -0.2) is 4.98 Å². The van der Waals surface area contributed by atoms with Crippen LogP contribution in [-0.2, 0) is 11.2 Å². The zero-order valence-corrected chi connectivity index (χ0v) is 12.3. The first-order valence-electron chi connectivity index (χ1n) is 5.49. The summed E-state index contributed by atoms with van der Waals surface area (Å²) in [6.07, 6.45) is 1.27. The molecule has 4 nitrogen and oxygen atoms in total. The molecule has 1 aromatic carbocycles. The zero-order chi connectivity index (χ0) is 14.9. The molecule has 0 amide bonds. The van der Waals surface area contributed by atoms with E-state index in [9.17, 15) is 4.79 Å². The van der Waals surface area contributed by atoms with Gasteiger partial charge in [0.15, 0.2) is 0 Å². The van der Waals surface area contributed by atoms with Crippen LogP contribution in [0.1, 0.15) is 5.56 Å². The minimum Gasteiger partial charge on any atom is -0.481 e. The molecule has 3 N–H and O–H groups in total. The molecule has 20 heavy (non-hydrogen) atoms. The predicted molar refractivity (Wildman–Crippen MR) is 80.5 cm³/mol. The Morgan fingerprint density at radius 3 is 2.60 bits per heavy atom. The lowest BCUT2D eigenvalue weighted by molar-refractivity contribution is -0.136. The summed E-state index contributed by atoms with van der Waals surface area (Å²) in [5.41, 5.74) is 7.23. The van der Waals surface area contributed by atoms with Gasteiger partial charge in [-0.05, 0) is 18.2 Å². The topological polar surface area (TPSA) is 76.2 Å². The van der Waals surface area contributed by atoms with Gasteiger partial charge in [0.25, 0.3) is 0 Å². The molecule has 0 radical (unpaired) electrons. The van der Waals surface area contributed by atoms with Gasteiger partial charge >= 0.3 is 5.97 Å². The normalized spacial score (nSPS) is 10.6. The van der Waals surface area contributed by atoms with Gasteiger partial charge in [0.05, 0.1) is 16.5 Å². The van der Waals surface area contributed by atoms with E-state index in [1.54, 1.807) is 12.1 Å². The van der Waals surface area contributed by atoms with Gasteiger partial charge in [0.1, 0.15) is 5.82 Å². The number of carbonyl (C=O) groups is 1. The molecule has 2 rings (SSSR count). The number of nitrogen functional groups attached to an aromatic ring is 1. The predicted octanol–water partition coefficient (Wildman–Crippen LogP) is 3.92. The minimum absolute atomic E-state index is 0.167. The molecule has 0 fully saturated rings. The standard InChI is InChI=1S/C13H9Cl3N2O2/c14-8-3-9(12(16)10(15)4-8)7-1-6(2-11(19)20)13(17)18-5-7/h1,3-5H,2H2,(H2,17,18)(H,19,20). The molecule has 1 heterocycles. The Kier molecular flexibility index (Phi) is 4.38. The highest BCUT2D eigenvalue weighted by molar-refractivity contribution is 6.45. The third-order valence-electron chi connectivity index (χ3n) is 2.65. The van der Waals surface area contributed by atoms with E-state index >= 15 is 0 Å². The third-order valence-corrected chi connectivity index (χ3v) is 3.67. The van der Waals surface area contributed by atoms with E-state index < -0.39 is 5.97 Å². The molecule has 0 atom stereocenters. The van der Waals surface area contributed by atoms with Crippen molar-refractivity contribution in [2.75, 3.05) is 5.73 Å². The number of anilines is 1. The van der Waals surface area contributed by atoms with Gasteiger partial charge in [-0.3, -0.25) is 4.79 Å². The Hall–Kier alpha value is -1.49. The first-order chi connectivity index (χ1) is 9.38. The van der Waals surface area contributed by atoms with Gasteiger partial charge in [-0.1, -0.05) is 34.8 Å². The van der Waals surface area contributed by atoms with Crippen molar-refractivity contribution < 1.29 is 9.90 Å². The number of aromatic nitrogens is 1. The highest BCUT2D eigenvalue weighted by Gasteiger charge is 2.13. The van der Waals surface area contributed by atoms with Gasteiger partial charge in [0, 0.05) is 27.9 Å². The second-order valence-electron chi connectivity index (χ2n) is 4.09. The number of aliphatic carboxylic acids is 1. The smallest absolute Gasteiger partial charge is 0.307 e. The monoisotopic (exact) mass is 330 g/mol. The molecule has 0 unspecified atom stereocenters. The van der Waals surface area contributed by atoms with Crippen LogP contribution in [0.5, 0.6) is 0 Å². The molecule has 0 aliphatic rings. The van der Waals surface area contributed by atoms with E-state index in [-0.39, 0.29) is 12.2 Å². The Bertz CT molecular complexity index is 690. The van der Waals surface area contributed by atoms with Crippen LogP contribution in [0.2, 0.25) is 15.1 Å². The highest BCUT2D eigenvalue weighted by Crippen LogP contribution is 2.36. The SMILES string of the molecule is Nc1ncc(-c2cc(Cl)cc(Cl)c2Cl)cc1CC(=O)O. The van der Waals surface area contributed by atoms with Crippen LogP contribution in [0.15, 0.2) is 24.4 Å². The lowest BCUT2D eigenvalue weighted by Crippen LogP contribution is -2.05. The number of hydrogen-bond acceptors (Lipinski definition) is 3. The Balaban J connectivity index is 2.56. The van der Waals surface area contributed by atoms with Crippen LogP contribution in [0.3, 0.4) is 0 Å². The molecule has 0 saturated heterocycles. The van der Waals surface area contributed by atoms with Crippen LogP contribution >= 0.6 is 34.8 Å². The largest absolute Gasteiger partial charge is 0.481 e. The van der Waals surface area contributed by atoms with Crippen LogP contribution in [0.4, 0.5) is 5.82 Å².